The first-order valence-corrected chi connectivity index (χ1v) is 8.86. The van der Waals surface area contributed by atoms with Crippen molar-refractivity contribution in [3.63, 3.8) is 0 Å². The SMILES string of the molecule is COc1ccccc1CN(CCCO)C(=O)NCc1cc(C)cc(C)c1. The average molecular weight is 356 g/mol. The quantitative estimate of drug-likeness (QED) is 0.762. The van der Waals surface area contributed by atoms with Gasteiger partial charge in [0.05, 0.1) is 13.7 Å². The lowest BCUT2D eigenvalue weighted by Crippen LogP contribution is -2.40. The highest BCUT2D eigenvalue weighted by molar-refractivity contribution is 5.74. The molecule has 2 rings (SSSR count). The van der Waals surface area contributed by atoms with Gasteiger partial charge >= 0.3 is 6.03 Å². The van der Waals surface area contributed by atoms with E-state index in [-0.39, 0.29) is 12.6 Å². The van der Waals surface area contributed by atoms with Crippen molar-refractivity contribution in [2.75, 3.05) is 20.3 Å². The summed E-state index contributed by atoms with van der Waals surface area (Å²) in [6.07, 6.45) is 0.534. The number of benzene rings is 2. The Morgan fingerprint density at radius 1 is 1.15 bits per heavy atom. The number of rotatable bonds is 8. The minimum absolute atomic E-state index is 0.0484. The number of aliphatic hydroxyl groups is 1. The van der Waals surface area contributed by atoms with E-state index in [9.17, 15) is 4.79 Å². The van der Waals surface area contributed by atoms with Gasteiger partial charge in [-0.3, -0.25) is 0 Å². The summed E-state index contributed by atoms with van der Waals surface area (Å²) in [4.78, 5) is 14.4. The highest BCUT2D eigenvalue weighted by Crippen LogP contribution is 2.19. The van der Waals surface area contributed by atoms with Crippen molar-refractivity contribution in [2.45, 2.75) is 33.4 Å². The molecule has 0 bridgehead atoms. The van der Waals surface area contributed by atoms with Crippen molar-refractivity contribution in [2.24, 2.45) is 0 Å². The van der Waals surface area contributed by atoms with Gasteiger partial charge in [0.15, 0.2) is 0 Å². The lowest BCUT2D eigenvalue weighted by molar-refractivity contribution is 0.185. The Balaban J connectivity index is 2.06. The molecule has 0 aliphatic rings. The second-order valence-corrected chi connectivity index (χ2v) is 6.47. The van der Waals surface area contributed by atoms with Crippen molar-refractivity contribution in [3.05, 3.63) is 64.7 Å². The number of aryl methyl sites for hydroxylation is 2. The number of carbonyl (C=O) groups excluding carboxylic acids is 1. The van der Waals surface area contributed by atoms with E-state index in [2.05, 4.69) is 23.5 Å². The molecule has 5 nitrogen and oxygen atoms in total. The van der Waals surface area contributed by atoms with Crippen LogP contribution >= 0.6 is 0 Å². The summed E-state index contributed by atoms with van der Waals surface area (Å²) in [6.45, 7) is 5.53. The second kappa shape index (κ2) is 9.82. The predicted molar refractivity (Wildman–Crippen MR) is 103 cm³/mol. The molecule has 2 N–H and O–H groups in total. The zero-order chi connectivity index (χ0) is 18.9. The Kier molecular flexibility index (Phi) is 7.48. The molecule has 2 aromatic carbocycles. The molecular weight excluding hydrogens is 328 g/mol. The van der Waals surface area contributed by atoms with Gasteiger partial charge in [-0.05, 0) is 31.9 Å². The molecule has 0 fully saturated rings. The molecule has 0 atom stereocenters. The molecule has 0 saturated carbocycles. The van der Waals surface area contributed by atoms with Crippen molar-refractivity contribution in [1.29, 1.82) is 0 Å². The van der Waals surface area contributed by atoms with Crippen molar-refractivity contribution in [1.82, 2.24) is 10.2 Å². The number of nitrogens with zero attached hydrogens (tertiary/aromatic N) is 1. The van der Waals surface area contributed by atoms with Crippen molar-refractivity contribution < 1.29 is 14.6 Å². The minimum atomic E-state index is -0.150. The molecule has 0 spiro atoms. The fourth-order valence-electron chi connectivity index (χ4n) is 3.01. The molecule has 0 aliphatic heterocycles. The normalized spacial score (nSPS) is 10.5. The molecule has 0 unspecified atom stereocenters. The summed E-state index contributed by atoms with van der Waals surface area (Å²) >= 11 is 0. The number of urea groups is 1. The Morgan fingerprint density at radius 3 is 2.50 bits per heavy atom. The Bertz CT molecular complexity index is 711. The van der Waals surface area contributed by atoms with E-state index in [0.717, 1.165) is 16.9 Å². The smallest absolute Gasteiger partial charge is 0.317 e. The molecule has 0 radical (unpaired) electrons. The van der Waals surface area contributed by atoms with Crippen LogP contribution in [0.25, 0.3) is 0 Å². The molecule has 2 aromatic rings. The molecule has 5 heteroatoms. The maximum atomic E-state index is 12.7. The lowest BCUT2D eigenvalue weighted by Gasteiger charge is -2.24. The standard InChI is InChI=1S/C21H28N2O3/c1-16-11-17(2)13-18(12-16)14-22-21(25)23(9-6-10-24)15-19-7-4-5-8-20(19)26-3/h4-5,7-8,11-13,24H,6,9-10,14-15H2,1-3H3,(H,22,25). The van der Waals surface area contributed by atoms with Crippen LogP contribution in [0.4, 0.5) is 4.79 Å². The zero-order valence-electron chi connectivity index (χ0n) is 15.8. The Morgan fingerprint density at radius 2 is 1.85 bits per heavy atom. The monoisotopic (exact) mass is 356 g/mol. The molecule has 2 amide bonds. The third-order valence-electron chi connectivity index (χ3n) is 4.15. The summed E-state index contributed by atoms with van der Waals surface area (Å²) in [5, 5.41) is 12.1. The second-order valence-electron chi connectivity index (χ2n) is 6.47. The van der Waals surface area contributed by atoms with E-state index >= 15 is 0 Å². The fourth-order valence-corrected chi connectivity index (χ4v) is 3.01. The molecule has 0 heterocycles. The molecule has 140 valence electrons. The van der Waals surface area contributed by atoms with Gasteiger partial charge in [-0.2, -0.15) is 0 Å². The summed E-state index contributed by atoms with van der Waals surface area (Å²) in [6, 6.07) is 13.8. The van der Waals surface area contributed by atoms with Crippen LogP contribution in [0.2, 0.25) is 0 Å². The largest absolute Gasteiger partial charge is 0.496 e. The summed E-state index contributed by atoms with van der Waals surface area (Å²) < 4.78 is 5.38. The van der Waals surface area contributed by atoms with Crippen molar-refractivity contribution >= 4 is 6.03 Å². The Hall–Kier alpha value is -2.53. The van der Waals surface area contributed by atoms with Gasteiger partial charge in [-0.1, -0.05) is 47.5 Å². The van der Waals surface area contributed by atoms with Gasteiger partial charge in [0.1, 0.15) is 5.75 Å². The summed E-state index contributed by atoms with van der Waals surface area (Å²) in [7, 11) is 1.62. The number of hydrogen-bond donors (Lipinski definition) is 2. The predicted octanol–water partition coefficient (Wildman–Crippen LogP) is 3.41. The first-order valence-electron chi connectivity index (χ1n) is 8.86. The third-order valence-corrected chi connectivity index (χ3v) is 4.15. The summed E-state index contributed by atoms with van der Waals surface area (Å²) in [5.74, 6) is 0.753. The van der Waals surface area contributed by atoms with E-state index in [1.807, 2.05) is 38.1 Å². The average Bonchev–Trinajstić information content (AvgIpc) is 2.62. The van der Waals surface area contributed by atoms with Gasteiger partial charge in [-0.25, -0.2) is 4.79 Å². The van der Waals surface area contributed by atoms with E-state index in [0.29, 0.717) is 26.1 Å². The van der Waals surface area contributed by atoms with Crippen LogP contribution in [0.1, 0.15) is 28.7 Å². The number of amides is 2. The van der Waals surface area contributed by atoms with Crippen LogP contribution in [0.3, 0.4) is 0 Å². The molecule has 0 aromatic heterocycles. The number of hydrogen-bond acceptors (Lipinski definition) is 3. The van der Waals surface area contributed by atoms with Crippen LogP contribution < -0.4 is 10.1 Å². The van der Waals surface area contributed by atoms with E-state index in [1.165, 1.54) is 11.1 Å². The first kappa shape index (κ1) is 19.8. The van der Waals surface area contributed by atoms with Crippen LogP contribution in [-0.4, -0.2) is 36.3 Å². The topological polar surface area (TPSA) is 61.8 Å². The first-order chi connectivity index (χ1) is 12.5. The van der Waals surface area contributed by atoms with E-state index in [4.69, 9.17) is 9.84 Å². The number of methoxy groups -OCH3 is 1. The van der Waals surface area contributed by atoms with Crippen LogP contribution in [0.5, 0.6) is 5.75 Å². The van der Waals surface area contributed by atoms with Gasteiger partial charge in [0, 0.05) is 25.3 Å². The van der Waals surface area contributed by atoms with Crippen LogP contribution in [0.15, 0.2) is 42.5 Å². The maximum absolute atomic E-state index is 12.7. The molecule has 0 aliphatic carbocycles. The third kappa shape index (κ3) is 5.77. The lowest BCUT2D eigenvalue weighted by atomic mass is 10.1. The van der Waals surface area contributed by atoms with Crippen LogP contribution in [0, 0.1) is 13.8 Å². The van der Waals surface area contributed by atoms with Crippen LogP contribution in [-0.2, 0) is 13.1 Å². The highest BCUT2D eigenvalue weighted by Gasteiger charge is 2.15. The molecular formula is C21H28N2O3. The molecule has 26 heavy (non-hydrogen) atoms. The highest BCUT2D eigenvalue weighted by atomic mass is 16.5. The molecule has 0 saturated heterocycles. The van der Waals surface area contributed by atoms with Gasteiger partial charge < -0.3 is 20.1 Å². The number of para-hydroxylation sites is 1. The van der Waals surface area contributed by atoms with Gasteiger partial charge in [0.2, 0.25) is 0 Å². The number of aliphatic hydroxyl groups excluding tert-OH is 1. The van der Waals surface area contributed by atoms with E-state index in [1.54, 1.807) is 12.0 Å². The summed E-state index contributed by atoms with van der Waals surface area (Å²) in [5.41, 5.74) is 4.38. The van der Waals surface area contributed by atoms with E-state index < -0.39 is 0 Å². The number of ether oxygens (including phenoxy) is 1. The Labute approximate surface area is 155 Å². The number of carbonyl (C=O) groups is 1. The fraction of sp³-hybridized carbons (Fsp3) is 0.381. The maximum Gasteiger partial charge on any atom is 0.317 e. The van der Waals surface area contributed by atoms with Gasteiger partial charge in [0.25, 0.3) is 0 Å². The zero-order valence-corrected chi connectivity index (χ0v) is 15.8. The van der Waals surface area contributed by atoms with Gasteiger partial charge in [-0.15, -0.1) is 0 Å². The van der Waals surface area contributed by atoms with Crippen molar-refractivity contribution in [3.8, 4) is 5.75 Å². The minimum Gasteiger partial charge on any atom is -0.496 e. The number of nitrogens with one attached hydrogen (secondary N) is 1.